The molecule has 0 bridgehead atoms. The Balaban J connectivity index is 1.78. The van der Waals surface area contributed by atoms with E-state index in [0.29, 0.717) is 18.8 Å². The second kappa shape index (κ2) is 10.3. The number of rotatable bonds is 8. The lowest BCUT2D eigenvalue weighted by atomic mass is 10.0. The molecule has 0 heterocycles. The van der Waals surface area contributed by atoms with Crippen molar-refractivity contribution in [2.24, 2.45) is 0 Å². The van der Waals surface area contributed by atoms with Gasteiger partial charge < -0.3 is 14.4 Å². The molecule has 0 spiro atoms. The second-order valence-corrected chi connectivity index (χ2v) is 7.93. The van der Waals surface area contributed by atoms with Crippen molar-refractivity contribution in [3.63, 3.8) is 0 Å². The third-order valence-electron chi connectivity index (χ3n) is 5.02. The number of halogens is 1. The van der Waals surface area contributed by atoms with Crippen molar-refractivity contribution in [1.29, 1.82) is 0 Å². The van der Waals surface area contributed by atoms with Crippen molar-refractivity contribution < 1.29 is 14.3 Å². The molecule has 0 saturated carbocycles. The van der Waals surface area contributed by atoms with Gasteiger partial charge in [0.2, 0.25) is 0 Å². The van der Waals surface area contributed by atoms with Crippen LogP contribution >= 0.6 is 15.9 Å². The van der Waals surface area contributed by atoms with Gasteiger partial charge in [-0.15, -0.1) is 0 Å². The Bertz CT molecular complexity index is 973. The van der Waals surface area contributed by atoms with Gasteiger partial charge in [0, 0.05) is 11.5 Å². The molecule has 0 amide bonds. The highest BCUT2D eigenvalue weighted by molar-refractivity contribution is 9.10. The fraction of sp³-hybridized carbons (Fsp3) is 0.240. The van der Waals surface area contributed by atoms with E-state index in [1.165, 1.54) is 0 Å². The first-order valence-corrected chi connectivity index (χ1v) is 10.7. The molecule has 1 unspecified atom stereocenters. The highest BCUT2D eigenvalue weighted by atomic mass is 79.9. The van der Waals surface area contributed by atoms with Crippen LogP contribution < -0.4 is 9.64 Å². The molecular formula is C25H26BrNO3. The van der Waals surface area contributed by atoms with Gasteiger partial charge >= 0.3 is 5.97 Å². The minimum absolute atomic E-state index is 0.0847. The number of hydrogen-bond acceptors (Lipinski definition) is 4. The van der Waals surface area contributed by atoms with Crippen molar-refractivity contribution in [3.05, 3.63) is 94.0 Å². The van der Waals surface area contributed by atoms with E-state index in [4.69, 9.17) is 9.47 Å². The standard InChI is InChI=1S/C25H26BrNO3/c1-4-29-25(28)21-12-10-20(11-13-21)18(2)27(3)23-15-14-22(26)16-24(23)30-17-19-8-6-5-7-9-19/h5-16,18H,4,17H2,1-3H3. The number of carbonyl (C=O) groups is 1. The monoisotopic (exact) mass is 467 g/mol. The average Bonchev–Trinajstić information content (AvgIpc) is 2.78. The van der Waals surface area contributed by atoms with Crippen LogP contribution in [0.15, 0.2) is 77.3 Å². The average molecular weight is 468 g/mol. The summed E-state index contributed by atoms with van der Waals surface area (Å²) in [5, 5.41) is 0. The highest BCUT2D eigenvalue weighted by Gasteiger charge is 2.17. The molecule has 0 fully saturated rings. The number of esters is 1. The molecule has 1 atom stereocenters. The van der Waals surface area contributed by atoms with E-state index < -0.39 is 0 Å². The Morgan fingerprint density at radius 2 is 1.73 bits per heavy atom. The second-order valence-electron chi connectivity index (χ2n) is 7.02. The fourth-order valence-electron chi connectivity index (χ4n) is 3.17. The molecule has 0 N–H and O–H groups in total. The summed E-state index contributed by atoms with van der Waals surface area (Å²) in [4.78, 5) is 14.1. The molecule has 0 saturated heterocycles. The predicted molar refractivity (Wildman–Crippen MR) is 124 cm³/mol. The van der Waals surface area contributed by atoms with Crippen molar-refractivity contribution in [3.8, 4) is 5.75 Å². The zero-order valence-corrected chi connectivity index (χ0v) is 19.1. The summed E-state index contributed by atoms with van der Waals surface area (Å²) >= 11 is 3.55. The molecule has 0 aliphatic rings. The summed E-state index contributed by atoms with van der Waals surface area (Å²) in [6.07, 6.45) is 0. The maximum atomic E-state index is 11.9. The first-order chi connectivity index (χ1) is 14.5. The Kier molecular flexibility index (Phi) is 7.52. The summed E-state index contributed by atoms with van der Waals surface area (Å²) in [7, 11) is 2.04. The van der Waals surface area contributed by atoms with E-state index in [9.17, 15) is 4.79 Å². The molecule has 3 aromatic carbocycles. The van der Waals surface area contributed by atoms with Gasteiger partial charge in [0.15, 0.2) is 0 Å². The highest BCUT2D eigenvalue weighted by Crippen LogP contribution is 2.36. The quantitative estimate of drug-likeness (QED) is 0.359. The van der Waals surface area contributed by atoms with Crippen molar-refractivity contribution >= 4 is 27.6 Å². The van der Waals surface area contributed by atoms with Crippen LogP contribution in [-0.2, 0) is 11.3 Å². The molecule has 3 rings (SSSR count). The van der Waals surface area contributed by atoms with Crippen LogP contribution in [0.3, 0.4) is 0 Å². The molecule has 0 radical (unpaired) electrons. The smallest absolute Gasteiger partial charge is 0.338 e. The van der Waals surface area contributed by atoms with E-state index in [0.717, 1.165) is 27.0 Å². The van der Waals surface area contributed by atoms with Crippen molar-refractivity contribution in [2.45, 2.75) is 26.5 Å². The first kappa shape index (κ1) is 21.9. The van der Waals surface area contributed by atoms with Gasteiger partial charge in [-0.25, -0.2) is 4.79 Å². The molecule has 4 nitrogen and oxygen atoms in total. The van der Waals surface area contributed by atoms with Crippen LogP contribution in [0.1, 0.15) is 41.4 Å². The van der Waals surface area contributed by atoms with Gasteiger partial charge in [-0.3, -0.25) is 0 Å². The summed E-state index contributed by atoms with van der Waals surface area (Å²) in [5.74, 6) is 0.514. The maximum absolute atomic E-state index is 11.9. The molecule has 0 aromatic heterocycles. The Labute approximate surface area is 186 Å². The van der Waals surface area contributed by atoms with Gasteiger partial charge in [-0.1, -0.05) is 58.4 Å². The largest absolute Gasteiger partial charge is 0.487 e. The molecule has 0 aliphatic carbocycles. The first-order valence-electron chi connectivity index (χ1n) is 9.95. The number of nitrogens with zero attached hydrogens (tertiary/aromatic N) is 1. The SMILES string of the molecule is CCOC(=O)c1ccc(C(C)N(C)c2ccc(Br)cc2OCc2ccccc2)cc1. The van der Waals surface area contributed by atoms with Crippen LogP contribution in [0.5, 0.6) is 5.75 Å². The van der Waals surface area contributed by atoms with E-state index >= 15 is 0 Å². The summed E-state index contributed by atoms with van der Waals surface area (Å²) < 4.78 is 12.2. The van der Waals surface area contributed by atoms with Crippen LogP contribution in [0, 0.1) is 0 Å². The van der Waals surface area contributed by atoms with E-state index in [2.05, 4.69) is 39.9 Å². The van der Waals surface area contributed by atoms with Gasteiger partial charge in [-0.2, -0.15) is 0 Å². The lowest BCUT2D eigenvalue weighted by Crippen LogP contribution is -2.22. The lowest BCUT2D eigenvalue weighted by molar-refractivity contribution is 0.0526. The Hall–Kier alpha value is -2.79. The number of anilines is 1. The van der Waals surface area contributed by atoms with Crippen molar-refractivity contribution in [1.82, 2.24) is 0 Å². The Morgan fingerprint density at radius 1 is 1.03 bits per heavy atom. The lowest BCUT2D eigenvalue weighted by Gasteiger charge is -2.29. The van der Waals surface area contributed by atoms with Crippen LogP contribution in [0.4, 0.5) is 5.69 Å². The van der Waals surface area contributed by atoms with E-state index in [-0.39, 0.29) is 12.0 Å². The molecular weight excluding hydrogens is 442 g/mol. The fourth-order valence-corrected chi connectivity index (χ4v) is 3.51. The van der Waals surface area contributed by atoms with Gasteiger partial charge in [0.25, 0.3) is 0 Å². The van der Waals surface area contributed by atoms with E-state index in [1.54, 1.807) is 6.92 Å². The normalized spacial score (nSPS) is 11.6. The zero-order chi connectivity index (χ0) is 21.5. The molecule has 5 heteroatoms. The third kappa shape index (κ3) is 5.42. The molecule has 156 valence electrons. The topological polar surface area (TPSA) is 38.8 Å². The number of hydrogen-bond donors (Lipinski definition) is 0. The number of carbonyl (C=O) groups excluding carboxylic acids is 1. The van der Waals surface area contributed by atoms with Gasteiger partial charge in [0.1, 0.15) is 12.4 Å². The summed E-state index contributed by atoms with van der Waals surface area (Å²) in [6, 6.07) is 23.8. The van der Waals surface area contributed by atoms with Gasteiger partial charge in [-0.05, 0) is 55.3 Å². The molecule has 0 aliphatic heterocycles. The van der Waals surface area contributed by atoms with Crippen LogP contribution in [-0.4, -0.2) is 19.6 Å². The van der Waals surface area contributed by atoms with E-state index in [1.807, 2.05) is 67.7 Å². The number of benzene rings is 3. The van der Waals surface area contributed by atoms with Crippen LogP contribution in [0.2, 0.25) is 0 Å². The molecule has 30 heavy (non-hydrogen) atoms. The number of ether oxygens (including phenoxy) is 2. The zero-order valence-electron chi connectivity index (χ0n) is 17.5. The Morgan fingerprint density at radius 3 is 2.40 bits per heavy atom. The maximum Gasteiger partial charge on any atom is 0.338 e. The minimum Gasteiger partial charge on any atom is -0.487 e. The predicted octanol–water partition coefficient (Wildman–Crippen LogP) is 6.40. The van der Waals surface area contributed by atoms with Crippen LogP contribution in [0.25, 0.3) is 0 Å². The molecule has 3 aromatic rings. The minimum atomic E-state index is -0.297. The van der Waals surface area contributed by atoms with Crippen molar-refractivity contribution in [2.75, 3.05) is 18.6 Å². The van der Waals surface area contributed by atoms with Gasteiger partial charge in [0.05, 0.1) is 23.9 Å². The summed E-state index contributed by atoms with van der Waals surface area (Å²) in [5.41, 5.74) is 3.78. The third-order valence-corrected chi connectivity index (χ3v) is 5.52. The summed E-state index contributed by atoms with van der Waals surface area (Å²) in [6.45, 7) is 4.80.